The molecule has 1 aliphatic heterocycles. The molecule has 4 rings (SSSR count). The lowest BCUT2D eigenvalue weighted by molar-refractivity contribution is -0.122. The zero-order chi connectivity index (χ0) is 30.7. The fourth-order valence-corrected chi connectivity index (χ4v) is 7.55. The number of hydrogen-bond donors (Lipinski definition) is 1. The predicted molar refractivity (Wildman–Crippen MR) is 153 cm³/mol. The van der Waals surface area contributed by atoms with E-state index in [1.165, 1.54) is 30.3 Å². The van der Waals surface area contributed by atoms with Gasteiger partial charge in [-0.05, 0) is 50.6 Å². The maximum atomic E-state index is 12.7. The molecule has 3 aromatic rings. The number of aromatic nitrogens is 1. The number of esters is 1. The molecule has 1 saturated heterocycles. The van der Waals surface area contributed by atoms with Gasteiger partial charge in [0.05, 0.1) is 32.0 Å². The molecule has 1 aromatic carbocycles. The van der Waals surface area contributed by atoms with E-state index in [1.807, 2.05) is 13.0 Å². The Morgan fingerprint density at radius 3 is 2.50 bits per heavy atom. The highest BCUT2D eigenvalue weighted by Crippen LogP contribution is 2.29. The minimum absolute atomic E-state index is 0.00545. The van der Waals surface area contributed by atoms with Gasteiger partial charge in [0, 0.05) is 13.1 Å². The van der Waals surface area contributed by atoms with Crippen molar-refractivity contribution in [3.63, 3.8) is 0 Å². The first-order valence-electron chi connectivity index (χ1n) is 12.4. The van der Waals surface area contributed by atoms with E-state index in [0.29, 0.717) is 13.0 Å². The third-order valence-electron chi connectivity index (χ3n) is 6.30. The van der Waals surface area contributed by atoms with Gasteiger partial charge in [-0.25, -0.2) is 22.9 Å². The van der Waals surface area contributed by atoms with Gasteiger partial charge in [-0.1, -0.05) is 29.3 Å². The standard InChI is InChI=1S/C26H25ClN4O8S3/c1-16-3-5-20(6-4-16)42(36,37)39-12-11-38-26(33)21-13-19(14-28)24(29-17(21)2)31-10-9-18(15-31)25(32)30-41(34,35)23-8-7-22(27)40-23/h3-8,13,18H,9-12,15H2,1-2H3,(H,30,32). The molecule has 42 heavy (non-hydrogen) atoms. The lowest BCUT2D eigenvalue weighted by atomic mass is 10.1. The van der Waals surface area contributed by atoms with Gasteiger partial charge in [0.25, 0.3) is 20.1 Å². The number of anilines is 1. The largest absolute Gasteiger partial charge is 0.460 e. The van der Waals surface area contributed by atoms with E-state index in [-0.39, 0.29) is 49.2 Å². The minimum Gasteiger partial charge on any atom is -0.460 e. The van der Waals surface area contributed by atoms with Crippen molar-refractivity contribution in [3.05, 3.63) is 69.2 Å². The molecule has 1 atom stereocenters. The van der Waals surface area contributed by atoms with Crippen LogP contribution in [0.15, 0.2) is 51.6 Å². The average Bonchev–Trinajstić information content (AvgIpc) is 3.61. The Balaban J connectivity index is 1.36. The summed E-state index contributed by atoms with van der Waals surface area (Å²) in [5, 5.41) is 9.74. The number of ether oxygens (including phenoxy) is 1. The van der Waals surface area contributed by atoms with Crippen molar-refractivity contribution in [3.8, 4) is 6.07 Å². The molecule has 0 aliphatic carbocycles. The number of halogens is 1. The first-order chi connectivity index (χ1) is 19.8. The van der Waals surface area contributed by atoms with Gasteiger partial charge in [-0.2, -0.15) is 13.7 Å². The van der Waals surface area contributed by atoms with Gasteiger partial charge in [-0.3, -0.25) is 8.98 Å². The fourth-order valence-electron chi connectivity index (χ4n) is 4.13. The van der Waals surface area contributed by atoms with E-state index in [0.717, 1.165) is 16.9 Å². The zero-order valence-corrected chi connectivity index (χ0v) is 25.6. The van der Waals surface area contributed by atoms with Crippen molar-refractivity contribution in [1.82, 2.24) is 9.71 Å². The van der Waals surface area contributed by atoms with Gasteiger partial charge in [0.15, 0.2) is 0 Å². The van der Waals surface area contributed by atoms with Crippen LogP contribution in [0.5, 0.6) is 0 Å². The zero-order valence-electron chi connectivity index (χ0n) is 22.4. The number of amides is 1. The Labute approximate surface area is 252 Å². The number of rotatable bonds is 10. The quantitative estimate of drug-likeness (QED) is 0.194. The maximum absolute atomic E-state index is 12.7. The Bertz CT molecular complexity index is 1770. The summed E-state index contributed by atoms with van der Waals surface area (Å²) in [7, 11) is -8.10. The monoisotopic (exact) mass is 652 g/mol. The van der Waals surface area contributed by atoms with Crippen LogP contribution in [0.1, 0.15) is 33.6 Å². The lowest BCUT2D eigenvalue weighted by Crippen LogP contribution is -2.36. The van der Waals surface area contributed by atoms with Crippen LogP contribution >= 0.6 is 22.9 Å². The molecular weight excluding hydrogens is 628 g/mol. The average molecular weight is 653 g/mol. The van der Waals surface area contributed by atoms with E-state index in [4.69, 9.17) is 20.5 Å². The normalized spacial score (nSPS) is 15.3. The molecule has 16 heteroatoms. The first kappa shape index (κ1) is 31.4. The number of hydrogen-bond acceptors (Lipinski definition) is 12. The van der Waals surface area contributed by atoms with Crippen LogP contribution in [0.3, 0.4) is 0 Å². The van der Waals surface area contributed by atoms with Gasteiger partial charge < -0.3 is 9.64 Å². The van der Waals surface area contributed by atoms with Crippen LogP contribution in [0.25, 0.3) is 0 Å². The topological polar surface area (TPSA) is 173 Å². The van der Waals surface area contributed by atoms with Gasteiger partial charge in [0.2, 0.25) is 5.91 Å². The van der Waals surface area contributed by atoms with E-state index in [2.05, 4.69) is 9.71 Å². The highest BCUT2D eigenvalue weighted by molar-refractivity contribution is 7.92. The molecule has 0 radical (unpaired) electrons. The number of aryl methyl sites for hydroxylation is 2. The van der Waals surface area contributed by atoms with E-state index < -0.39 is 44.5 Å². The molecule has 0 saturated carbocycles. The van der Waals surface area contributed by atoms with Crippen molar-refractivity contribution in [2.45, 2.75) is 29.4 Å². The fraction of sp³-hybridized carbons (Fsp3) is 0.308. The Hall–Kier alpha value is -3.55. The van der Waals surface area contributed by atoms with Crippen molar-refractivity contribution < 1.29 is 35.3 Å². The van der Waals surface area contributed by atoms with Crippen LogP contribution < -0.4 is 9.62 Å². The smallest absolute Gasteiger partial charge is 0.340 e. The highest BCUT2D eigenvalue weighted by Gasteiger charge is 2.33. The molecule has 3 heterocycles. The first-order valence-corrected chi connectivity index (χ1v) is 16.5. The SMILES string of the molecule is Cc1ccc(S(=O)(=O)OCCOC(=O)c2cc(C#N)c(N3CCC(C(=O)NS(=O)(=O)c4ccc(Cl)s4)C3)nc2C)cc1. The molecule has 2 aromatic heterocycles. The second-order valence-corrected chi connectivity index (χ2v) is 14.5. The third kappa shape index (κ3) is 7.26. The molecule has 1 amide bonds. The molecule has 0 bridgehead atoms. The summed E-state index contributed by atoms with van der Waals surface area (Å²) in [4.78, 5) is 31.4. The Morgan fingerprint density at radius 1 is 1.14 bits per heavy atom. The number of benzene rings is 1. The summed E-state index contributed by atoms with van der Waals surface area (Å²) in [5.74, 6) is -1.96. The van der Waals surface area contributed by atoms with Crippen molar-refractivity contribution in [2.24, 2.45) is 5.92 Å². The summed E-state index contributed by atoms with van der Waals surface area (Å²) in [5.41, 5.74) is 1.18. The van der Waals surface area contributed by atoms with Gasteiger partial charge in [0.1, 0.15) is 29.3 Å². The number of sulfonamides is 1. The Kier molecular flexibility index (Phi) is 9.53. The van der Waals surface area contributed by atoms with Crippen LogP contribution in [-0.2, 0) is 33.9 Å². The van der Waals surface area contributed by atoms with Crippen LogP contribution in [0, 0.1) is 31.1 Å². The number of nitrogens with zero attached hydrogens (tertiary/aromatic N) is 3. The third-order valence-corrected chi connectivity index (χ3v) is 10.7. The van der Waals surface area contributed by atoms with Crippen molar-refractivity contribution in [2.75, 3.05) is 31.2 Å². The molecule has 1 fully saturated rings. The Morgan fingerprint density at radius 2 is 1.86 bits per heavy atom. The number of nitrogens with one attached hydrogen (secondary N) is 1. The summed E-state index contributed by atoms with van der Waals surface area (Å²) >= 11 is 6.63. The van der Waals surface area contributed by atoms with E-state index >= 15 is 0 Å². The summed E-state index contributed by atoms with van der Waals surface area (Å²) < 4.78 is 61.9. The predicted octanol–water partition coefficient (Wildman–Crippen LogP) is 3.18. The molecule has 1 unspecified atom stereocenters. The molecular formula is C26H25ClN4O8S3. The summed E-state index contributed by atoms with van der Waals surface area (Å²) in [6.07, 6.45) is 0.313. The molecule has 0 spiro atoms. The van der Waals surface area contributed by atoms with Crippen LogP contribution in [-0.4, -0.2) is 60.0 Å². The second kappa shape index (κ2) is 12.8. The number of carbonyl (C=O) groups is 2. The minimum atomic E-state index is -4.07. The number of nitriles is 1. The lowest BCUT2D eigenvalue weighted by Gasteiger charge is -2.20. The number of carbonyl (C=O) groups excluding carboxylic acids is 2. The molecule has 1 aliphatic rings. The van der Waals surface area contributed by atoms with E-state index in [9.17, 15) is 31.7 Å². The molecule has 12 nitrogen and oxygen atoms in total. The highest BCUT2D eigenvalue weighted by atomic mass is 35.5. The van der Waals surface area contributed by atoms with Gasteiger partial charge >= 0.3 is 5.97 Å². The number of thiophene rings is 1. The summed E-state index contributed by atoms with van der Waals surface area (Å²) in [6.45, 7) is 3.00. The molecule has 1 N–H and O–H groups in total. The second-order valence-electron chi connectivity index (χ2n) is 9.29. The maximum Gasteiger partial charge on any atom is 0.340 e. The summed E-state index contributed by atoms with van der Waals surface area (Å²) in [6, 6.07) is 12.1. The van der Waals surface area contributed by atoms with Gasteiger partial charge in [-0.15, -0.1) is 11.3 Å². The van der Waals surface area contributed by atoms with Crippen LogP contribution in [0.4, 0.5) is 5.82 Å². The number of pyridine rings is 1. The van der Waals surface area contributed by atoms with Crippen LogP contribution in [0.2, 0.25) is 4.34 Å². The molecule has 222 valence electrons. The van der Waals surface area contributed by atoms with Crippen molar-refractivity contribution >= 4 is 60.8 Å². The van der Waals surface area contributed by atoms with E-state index in [1.54, 1.807) is 24.0 Å². The van der Waals surface area contributed by atoms with Crippen molar-refractivity contribution in [1.29, 1.82) is 5.26 Å².